The van der Waals surface area contributed by atoms with E-state index in [1.165, 1.54) is 0 Å². The SMILES string of the molecule is CN(CCCCO)c1ccccn1. The third-order valence-electron chi connectivity index (χ3n) is 1.94. The summed E-state index contributed by atoms with van der Waals surface area (Å²) in [5.41, 5.74) is 0. The van der Waals surface area contributed by atoms with Gasteiger partial charge in [0.1, 0.15) is 5.82 Å². The number of aliphatic hydroxyl groups is 1. The maximum Gasteiger partial charge on any atom is 0.128 e. The van der Waals surface area contributed by atoms with E-state index < -0.39 is 0 Å². The van der Waals surface area contributed by atoms with Crippen LogP contribution >= 0.6 is 0 Å². The van der Waals surface area contributed by atoms with E-state index >= 15 is 0 Å². The van der Waals surface area contributed by atoms with Crippen molar-refractivity contribution >= 4 is 5.82 Å². The van der Waals surface area contributed by atoms with Gasteiger partial charge in [0.05, 0.1) is 0 Å². The lowest BCUT2D eigenvalue weighted by Crippen LogP contribution is -2.19. The quantitative estimate of drug-likeness (QED) is 0.694. The summed E-state index contributed by atoms with van der Waals surface area (Å²) in [6, 6.07) is 5.87. The predicted octanol–water partition coefficient (Wildman–Crippen LogP) is 1.29. The Morgan fingerprint density at radius 1 is 1.38 bits per heavy atom. The van der Waals surface area contributed by atoms with Crippen LogP contribution in [-0.4, -0.2) is 30.3 Å². The first kappa shape index (κ1) is 9.99. The molecule has 0 unspecified atom stereocenters. The molecule has 1 aromatic heterocycles. The summed E-state index contributed by atoms with van der Waals surface area (Å²) in [6.07, 6.45) is 3.65. The number of hydrogen-bond donors (Lipinski definition) is 1. The molecule has 0 fully saturated rings. The minimum atomic E-state index is 0.274. The topological polar surface area (TPSA) is 36.4 Å². The van der Waals surface area contributed by atoms with Gasteiger partial charge in [-0.3, -0.25) is 0 Å². The van der Waals surface area contributed by atoms with Crippen molar-refractivity contribution in [3.05, 3.63) is 24.4 Å². The fraction of sp³-hybridized carbons (Fsp3) is 0.500. The number of pyridine rings is 1. The Balaban J connectivity index is 2.35. The van der Waals surface area contributed by atoms with Crippen molar-refractivity contribution < 1.29 is 5.11 Å². The van der Waals surface area contributed by atoms with Gasteiger partial charge in [-0.25, -0.2) is 4.98 Å². The Morgan fingerprint density at radius 2 is 2.23 bits per heavy atom. The number of rotatable bonds is 5. The zero-order valence-electron chi connectivity index (χ0n) is 7.98. The molecule has 1 aromatic rings. The predicted molar refractivity (Wildman–Crippen MR) is 53.8 cm³/mol. The number of nitrogens with zero attached hydrogens (tertiary/aromatic N) is 2. The van der Waals surface area contributed by atoms with Gasteiger partial charge in [0.15, 0.2) is 0 Å². The van der Waals surface area contributed by atoms with Crippen LogP contribution in [0, 0.1) is 0 Å². The highest BCUT2D eigenvalue weighted by molar-refractivity contribution is 5.35. The van der Waals surface area contributed by atoms with Crippen LogP contribution in [0.4, 0.5) is 5.82 Å². The van der Waals surface area contributed by atoms with Crippen molar-refractivity contribution in [1.29, 1.82) is 0 Å². The molecule has 0 spiro atoms. The summed E-state index contributed by atoms with van der Waals surface area (Å²) in [5.74, 6) is 0.987. The fourth-order valence-electron chi connectivity index (χ4n) is 1.15. The third kappa shape index (κ3) is 3.42. The van der Waals surface area contributed by atoms with Crippen LogP contribution < -0.4 is 4.90 Å². The highest BCUT2D eigenvalue weighted by Crippen LogP contribution is 2.07. The monoisotopic (exact) mass is 180 g/mol. The molecule has 72 valence electrons. The van der Waals surface area contributed by atoms with E-state index in [1.807, 2.05) is 25.2 Å². The Morgan fingerprint density at radius 3 is 2.85 bits per heavy atom. The summed E-state index contributed by atoms with van der Waals surface area (Å²) < 4.78 is 0. The van der Waals surface area contributed by atoms with Crippen LogP contribution in [-0.2, 0) is 0 Å². The second kappa shape index (κ2) is 5.54. The van der Waals surface area contributed by atoms with Crippen molar-refractivity contribution in [2.24, 2.45) is 0 Å². The van der Waals surface area contributed by atoms with Crippen molar-refractivity contribution in [3.8, 4) is 0 Å². The number of unbranched alkanes of at least 4 members (excludes halogenated alkanes) is 1. The Hall–Kier alpha value is -1.09. The fourth-order valence-corrected chi connectivity index (χ4v) is 1.15. The average Bonchev–Trinajstić information content (AvgIpc) is 2.19. The molecule has 0 bridgehead atoms. The number of hydrogen-bond acceptors (Lipinski definition) is 3. The van der Waals surface area contributed by atoms with E-state index in [2.05, 4.69) is 9.88 Å². The average molecular weight is 180 g/mol. The molecule has 13 heavy (non-hydrogen) atoms. The molecule has 1 N–H and O–H groups in total. The lowest BCUT2D eigenvalue weighted by molar-refractivity contribution is 0.285. The van der Waals surface area contributed by atoms with E-state index in [0.29, 0.717) is 0 Å². The van der Waals surface area contributed by atoms with Gasteiger partial charge >= 0.3 is 0 Å². The van der Waals surface area contributed by atoms with Gasteiger partial charge in [-0.1, -0.05) is 6.07 Å². The molecule has 3 heteroatoms. The zero-order valence-corrected chi connectivity index (χ0v) is 7.98. The van der Waals surface area contributed by atoms with E-state index in [4.69, 9.17) is 5.11 Å². The highest BCUT2D eigenvalue weighted by Gasteiger charge is 1.99. The van der Waals surface area contributed by atoms with Gasteiger partial charge in [-0.2, -0.15) is 0 Å². The molecular weight excluding hydrogens is 164 g/mol. The van der Waals surface area contributed by atoms with Gasteiger partial charge in [-0.05, 0) is 25.0 Å². The van der Waals surface area contributed by atoms with Gasteiger partial charge in [-0.15, -0.1) is 0 Å². The maximum atomic E-state index is 8.62. The Labute approximate surface area is 79.0 Å². The lowest BCUT2D eigenvalue weighted by Gasteiger charge is -2.17. The molecule has 0 aliphatic rings. The third-order valence-corrected chi connectivity index (χ3v) is 1.94. The molecular formula is C10H16N2O. The Bertz CT molecular complexity index is 226. The van der Waals surface area contributed by atoms with Gasteiger partial charge in [0.2, 0.25) is 0 Å². The van der Waals surface area contributed by atoms with Crippen molar-refractivity contribution in [2.45, 2.75) is 12.8 Å². The van der Waals surface area contributed by atoms with E-state index in [9.17, 15) is 0 Å². The normalized spacial score (nSPS) is 10.0. The minimum Gasteiger partial charge on any atom is -0.396 e. The van der Waals surface area contributed by atoms with Crippen molar-refractivity contribution in [2.75, 3.05) is 25.1 Å². The first-order valence-electron chi connectivity index (χ1n) is 4.57. The molecule has 1 rings (SSSR count). The minimum absolute atomic E-state index is 0.274. The van der Waals surface area contributed by atoms with Gasteiger partial charge in [0.25, 0.3) is 0 Å². The van der Waals surface area contributed by atoms with Crippen molar-refractivity contribution in [3.63, 3.8) is 0 Å². The molecule has 0 aliphatic heterocycles. The van der Waals surface area contributed by atoms with E-state index in [1.54, 1.807) is 6.20 Å². The first-order valence-corrected chi connectivity index (χ1v) is 4.57. The second-order valence-electron chi connectivity index (χ2n) is 3.04. The molecule has 0 atom stereocenters. The van der Waals surface area contributed by atoms with E-state index in [-0.39, 0.29) is 6.61 Å². The lowest BCUT2D eigenvalue weighted by atomic mass is 10.3. The van der Waals surface area contributed by atoms with Crippen LogP contribution in [0.1, 0.15) is 12.8 Å². The molecule has 0 aliphatic carbocycles. The van der Waals surface area contributed by atoms with Crippen LogP contribution in [0.2, 0.25) is 0 Å². The molecule has 1 heterocycles. The van der Waals surface area contributed by atoms with Crippen LogP contribution in [0.5, 0.6) is 0 Å². The number of aliphatic hydroxyl groups excluding tert-OH is 1. The molecule has 3 nitrogen and oxygen atoms in total. The van der Waals surface area contributed by atoms with Gasteiger partial charge < -0.3 is 10.0 Å². The number of aromatic nitrogens is 1. The second-order valence-corrected chi connectivity index (χ2v) is 3.04. The standard InChI is InChI=1S/C10H16N2O/c1-12(8-4-5-9-13)10-6-2-3-7-11-10/h2-3,6-7,13H,4-5,8-9H2,1H3. The van der Waals surface area contributed by atoms with Crippen LogP contribution in [0.25, 0.3) is 0 Å². The smallest absolute Gasteiger partial charge is 0.128 e. The molecule has 0 saturated carbocycles. The van der Waals surface area contributed by atoms with Crippen LogP contribution in [0.15, 0.2) is 24.4 Å². The summed E-state index contributed by atoms with van der Waals surface area (Å²) >= 11 is 0. The van der Waals surface area contributed by atoms with Crippen molar-refractivity contribution in [1.82, 2.24) is 4.98 Å². The summed E-state index contributed by atoms with van der Waals surface area (Å²) in [5, 5.41) is 8.62. The zero-order chi connectivity index (χ0) is 9.52. The van der Waals surface area contributed by atoms with E-state index in [0.717, 1.165) is 25.2 Å². The first-order chi connectivity index (χ1) is 6.34. The maximum absolute atomic E-state index is 8.62. The molecule has 0 aromatic carbocycles. The van der Waals surface area contributed by atoms with Crippen LogP contribution in [0.3, 0.4) is 0 Å². The summed E-state index contributed by atoms with van der Waals surface area (Å²) in [7, 11) is 2.01. The summed E-state index contributed by atoms with van der Waals surface area (Å²) in [6.45, 7) is 1.22. The molecule has 0 saturated heterocycles. The molecule has 0 radical (unpaired) electrons. The Kier molecular flexibility index (Phi) is 4.26. The van der Waals surface area contributed by atoms with Gasteiger partial charge in [0, 0.05) is 26.4 Å². The largest absolute Gasteiger partial charge is 0.396 e. The molecule has 0 amide bonds. The summed E-state index contributed by atoms with van der Waals surface area (Å²) in [4.78, 5) is 6.31. The number of anilines is 1. The highest BCUT2D eigenvalue weighted by atomic mass is 16.2.